The Morgan fingerprint density at radius 2 is 2.19 bits per heavy atom. The number of fused-ring (bicyclic) bond motifs is 1. The lowest BCUT2D eigenvalue weighted by Crippen LogP contribution is -2.24. The maximum Gasteiger partial charge on any atom is 0.251 e. The molecule has 0 bridgehead atoms. The molecule has 3 rings (SSSR count). The molecule has 2 N–H and O–H groups in total. The molecule has 3 aromatic rings. The molecule has 1 amide bonds. The van der Waals surface area contributed by atoms with E-state index in [-0.39, 0.29) is 18.9 Å². The Morgan fingerprint density at radius 1 is 1.33 bits per heavy atom. The van der Waals surface area contributed by atoms with Gasteiger partial charge in [-0.2, -0.15) is 4.98 Å². The van der Waals surface area contributed by atoms with Gasteiger partial charge in [0.25, 0.3) is 5.91 Å². The second-order valence-corrected chi connectivity index (χ2v) is 6.01. The second-order valence-electron chi connectivity index (χ2n) is 5.75. The van der Waals surface area contributed by atoms with Gasteiger partial charge in [-0.15, -0.1) is 16.7 Å². The van der Waals surface area contributed by atoms with Crippen LogP contribution in [0.3, 0.4) is 0 Å². The van der Waals surface area contributed by atoms with E-state index in [9.17, 15) is 9.18 Å². The van der Waals surface area contributed by atoms with Gasteiger partial charge in [0.2, 0.25) is 5.95 Å². The average molecular weight is 392 g/mol. The third kappa shape index (κ3) is 4.46. The normalized spacial score (nSPS) is 10.8. The summed E-state index contributed by atoms with van der Waals surface area (Å²) in [5.74, 6) is 0.961. The van der Waals surface area contributed by atoms with Crippen LogP contribution in [0.5, 0.6) is 5.75 Å². The third-order valence-corrected chi connectivity index (χ3v) is 4.16. The number of nitrogens with zero attached hydrogens (tertiary/aromatic N) is 3. The van der Waals surface area contributed by atoms with E-state index in [2.05, 4.69) is 20.7 Å². The summed E-state index contributed by atoms with van der Waals surface area (Å²) < 4.78 is 19.1. The van der Waals surface area contributed by atoms with Gasteiger partial charge in [-0.1, -0.05) is 6.07 Å². The summed E-state index contributed by atoms with van der Waals surface area (Å²) in [6, 6.07) is 8.68. The largest absolute Gasteiger partial charge is 0.495 e. The van der Waals surface area contributed by atoms with E-state index in [0.29, 0.717) is 34.5 Å². The highest BCUT2D eigenvalue weighted by molar-refractivity contribution is 6.17. The van der Waals surface area contributed by atoms with Crippen molar-refractivity contribution in [1.29, 1.82) is 0 Å². The van der Waals surface area contributed by atoms with E-state index < -0.39 is 6.67 Å². The van der Waals surface area contributed by atoms with Crippen LogP contribution in [0.4, 0.5) is 16.0 Å². The van der Waals surface area contributed by atoms with Crippen molar-refractivity contribution in [3.63, 3.8) is 0 Å². The quantitative estimate of drug-likeness (QED) is 0.455. The van der Waals surface area contributed by atoms with E-state index in [1.165, 1.54) is 7.11 Å². The molecule has 0 saturated carbocycles. The predicted molar refractivity (Wildman–Crippen MR) is 102 cm³/mol. The van der Waals surface area contributed by atoms with Gasteiger partial charge >= 0.3 is 0 Å². The standard InChI is InChI=1S/C18H19ClFN5O2/c1-27-15-9-13(17(26)21-8-2-7-20)4-5-14(15)22-18-23-16-6-3-12(10-19)11-25(16)24-18/h3-6,9,11H,2,7-8,10H2,1H3,(H,21,26)(H,22,24). The molecule has 2 heterocycles. The van der Waals surface area contributed by atoms with Gasteiger partial charge < -0.3 is 15.4 Å². The minimum atomic E-state index is -0.467. The number of alkyl halides is 2. The number of carbonyl (C=O) groups excluding carboxylic acids is 1. The van der Waals surface area contributed by atoms with Gasteiger partial charge in [-0.05, 0) is 36.2 Å². The fourth-order valence-corrected chi connectivity index (χ4v) is 2.64. The maximum absolute atomic E-state index is 12.1. The van der Waals surface area contributed by atoms with Gasteiger partial charge in [0, 0.05) is 24.2 Å². The van der Waals surface area contributed by atoms with Crippen molar-refractivity contribution in [1.82, 2.24) is 19.9 Å². The molecule has 27 heavy (non-hydrogen) atoms. The number of methoxy groups -OCH3 is 1. The molecule has 0 saturated heterocycles. The molecule has 9 heteroatoms. The minimum Gasteiger partial charge on any atom is -0.495 e. The zero-order valence-electron chi connectivity index (χ0n) is 14.7. The van der Waals surface area contributed by atoms with Crippen molar-refractivity contribution >= 4 is 34.8 Å². The highest BCUT2D eigenvalue weighted by Gasteiger charge is 2.12. The fraction of sp³-hybridized carbons (Fsp3) is 0.278. The topological polar surface area (TPSA) is 80.5 Å². The van der Waals surface area contributed by atoms with Crippen LogP contribution in [0.2, 0.25) is 0 Å². The van der Waals surface area contributed by atoms with Crippen molar-refractivity contribution in [2.75, 3.05) is 25.6 Å². The summed E-state index contributed by atoms with van der Waals surface area (Å²) in [7, 11) is 1.51. The van der Waals surface area contributed by atoms with E-state index in [0.717, 1.165) is 5.56 Å². The molecule has 0 unspecified atom stereocenters. The van der Waals surface area contributed by atoms with E-state index in [4.69, 9.17) is 16.3 Å². The molecule has 2 aromatic heterocycles. The van der Waals surface area contributed by atoms with Crippen LogP contribution in [0, 0.1) is 0 Å². The first kappa shape index (κ1) is 18.9. The number of pyridine rings is 1. The molecule has 0 atom stereocenters. The number of benzene rings is 1. The number of anilines is 2. The smallest absolute Gasteiger partial charge is 0.251 e. The van der Waals surface area contributed by atoms with Crippen LogP contribution in [0.25, 0.3) is 5.65 Å². The lowest BCUT2D eigenvalue weighted by atomic mass is 10.1. The van der Waals surface area contributed by atoms with Crippen LogP contribution in [-0.4, -0.2) is 40.8 Å². The molecule has 0 aliphatic rings. The highest BCUT2D eigenvalue weighted by Crippen LogP contribution is 2.28. The molecule has 7 nitrogen and oxygen atoms in total. The van der Waals surface area contributed by atoms with Crippen LogP contribution >= 0.6 is 11.6 Å². The Hall–Kier alpha value is -2.87. The number of hydrogen-bond donors (Lipinski definition) is 2. The van der Waals surface area contributed by atoms with E-state index >= 15 is 0 Å². The van der Waals surface area contributed by atoms with Crippen LogP contribution in [0.1, 0.15) is 22.3 Å². The fourth-order valence-electron chi connectivity index (χ4n) is 2.48. The lowest BCUT2D eigenvalue weighted by molar-refractivity contribution is 0.0952. The lowest BCUT2D eigenvalue weighted by Gasteiger charge is -2.11. The number of amides is 1. The zero-order valence-corrected chi connectivity index (χ0v) is 15.5. The molecule has 0 spiro atoms. The number of ether oxygens (including phenoxy) is 1. The van der Waals surface area contributed by atoms with Crippen molar-refractivity contribution in [2.24, 2.45) is 0 Å². The summed E-state index contributed by atoms with van der Waals surface area (Å²) in [5, 5.41) is 10.1. The molecule has 0 radical (unpaired) electrons. The molecule has 0 aliphatic carbocycles. The van der Waals surface area contributed by atoms with Crippen LogP contribution in [0.15, 0.2) is 36.5 Å². The molecule has 0 fully saturated rings. The number of nitrogens with one attached hydrogen (secondary N) is 2. The van der Waals surface area contributed by atoms with Gasteiger partial charge in [0.15, 0.2) is 5.65 Å². The number of rotatable bonds is 8. The molecule has 142 valence electrons. The third-order valence-electron chi connectivity index (χ3n) is 3.85. The van der Waals surface area contributed by atoms with Gasteiger partial charge in [0.05, 0.1) is 19.5 Å². The van der Waals surface area contributed by atoms with Crippen molar-refractivity contribution < 1.29 is 13.9 Å². The van der Waals surface area contributed by atoms with Gasteiger partial charge in [0.1, 0.15) is 5.75 Å². The van der Waals surface area contributed by atoms with Gasteiger partial charge in [-0.3, -0.25) is 9.18 Å². The summed E-state index contributed by atoms with van der Waals surface area (Å²) in [6.45, 7) is -0.183. The second kappa shape index (κ2) is 8.68. The van der Waals surface area contributed by atoms with Crippen LogP contribution in [-0.2, 0) is 5.88 Å². The molecule has 1 aromatic carbocycles. The summed E-state index contributed by atoms with van der Waals surface area (Å²) in [5.41, 5.74) is 2.65. The Bertz CT molecular complexity index is 947. The Morgan fingerprint density at radius 3 is 2.93 bits per heavy atom. The first-order chi connectivity index (χ1) is 13.1. The SMILES string of the molecule is COc1cc(C(=O)NCCCF)ccc1Nc1nc2ccc(CCl)cn2n1. The van der Waals surface area contributed by atoms with E-state index in [1.54, 1.807) is 22.7 Å². The summed E-state index contributed by atoms with van der Waals surface area (Å²) >= 11 is 5.84. The molecule has 0 aliphatic heterocycles. The Labute approximate surface area is 160 Å². The zero-order chi connectivity index (χ0) is 19.2. The Kier molecular flexibility index (Phi) is 6.08. The average Bonchev–Trinajstić information content (AvgIpc) is 3.09. The number of hydrogen-bond acceptors (Lipinski definition) is 5. The molecular weight excluding hydrogens is 373 g/mol. The number of carbonyl (C=O) groups is 1. The predicted octanol–water partition coefficient (Wildman–Crippen LogP) is 3.31. The minimum absolute atomic E-state index is 0.284. The monoisotopic (exact) mass is 391 g/mol. The summed E-state index contributed by atoms with van der Waals surface area (Å²) in [4.78, 5) is 16.5. The molecular formula is C18H19ClFN5O2. The summed E-state index contributed by atoms with van der Waals surface area (Å²) in [6.07, 6.45) is 2.09. The van der Waals surface area contributed by atoms with Crippen molar-refractivity contribution in [3.8, 4) is 5.75 Å². The number of aromatic nitrogens is 3. The van der Waals surface area contributed by atoms with Gasteiger partial charge in [-0.25, -0.2) is 4.52 Å². The number of halogens is 2. The van der Waals surface area contributed by atoms with Crippen molar-refractivity contribution in [3.05, 3.63) is 47.7 Å². The van der Waals surface area contributed by atoms with Crippen LogP contribution < -0.4 is 15.4 Å². The highest BCUT2D eigenvalue weighted by atomic mass is 35.5. The maximum atomic E-state index is 12.1. The first-order valence-corrected chi connectivity index (χ1v) is 8.88. The van der Waals surface area contributed by atoms with E-state index in [1.807, 2.05) is 18.3 Å². The first-order valence-electron chi connectivity index (χ1n) is 8.35. The Balaban J connectivity index is 1.79. The van der Waals surface area contributed by atoms with Crippen molar-refractivity contribution in [2.45, 2.75) is 12.3 Å².